The lowest BCUT2D eigenvalue weighted by Gasteiger charge is -2.32. The van der Waals surface area contributed by atoms with Crippen LogP contribution in [-0.2, 0) is 4.79 Å². The number of fused-ring (bicyclic) bond motifs is 1. The van der Waals surface area contributed by atoms with E-state index in [1.807, 2.05) is 35.5 Å². The second-order valence-corrected chi connectivity index (χ2v) is 7.76. The van der Waals surface area contributed by atoms with E-state index in [-0.39, 0.29) is 17.5 Å². The number of aromatic amines is 1. The maximum atomic E-state index is 13.2. The number of carbonyl (C=O) groups is 2. The first-order chi connectivity index (χ1) is 15.5. The standard InChI is InChI=1S/C24H27N5O3/c1-28-10-12-29(13-11-28)27-24(31)22(26-23(30)17-6-4-3-5-7-17)14-18-16-25-21-9-8-19(32-2)15-20(18)21/h3-9,14-16,25H,10-13H2,1-2H3,(H,26,30)(H,27,31). The zero-order valence-corrected chi connectivity index (χ0v) is 18.2. The Bertz CT molecular complexity index is 1130. The summed E-state index contributed by atoms with van der Waals surface area (Å²) in [7, 11) is 3.66. The van der Waals surface area contributed by atoms with Crippen LogP contribution in [0.15, 0.2) is 60.4 Å². The van der Waals surface area contributed by atoms with Crippen molar-refractivity contribution in [1.29, 1.82) is 0 Å². The first-order valence-electron chi connectivity index (χ1n) is 10.5. The summed E-state index contributed by atoms with van der Waals surface area (Å²) >= 11 is 0. The number of amides is 2. The summed E-state index contributed by atoms with van der Waals surface area (Å²) in [5, 5.41) is 5.56. The molecule has 2 amide bonds. The molecule has 1 aliphatic rings. The average molecular weight is 434 g/mol. The van der Waals surface area contributed by atoms with Gasteiger partial charge >= 0.3 is 0 Å². The Balaban J connectivity index is 1.63. The normalized spacial score (nSPS) is 15.5. The second kappa shape index (κ2) is 9.67. The van der Waals surface area contributed by atoms with Crippen molar-refractivity contribution in [1.82, 2.24) is 25.6 Å². The highest BCUT2D eigenvalue weighted by Crippen LogP contribution is 2.25. The van der Waals surface area contributed by atoms with E-state index < -0.39 is 0 Å². The smallest absolute Gasteiger partial charge is 0.282 e. The fourth-order valence-corrected chi connectivity index (χ4v) is 3.59. The average Bonchev–Trinajstić information content (AvgIpc) is 3.22. The third kappa shape index (κ3) is 4.99. The number of likely N-dealkylation sites (N-methyl/N-ethyl adjacent to an activating group) is 1. The van der Waals surface area contributed by atoms with Gasteiger partial charge in [0.15, 0.2) is 0 Å². The molecule has 0 radical (unpaired) electrons. The third-order valence-electron chi connectivity index (χ3n) is 5.51. The van der Waals surface area contributed by atoms with Crippen molar-refractivity contribution < 1.29 is 14.3 Å². The van der Waals surface area contributed by atoms with Crippen molar-refractivity contribution >= 4 is 28.8 Å². The molecule has 0 bridgehead atoms. The molecule has 0 saturated carbocycles. The van der Waals surface area contributed by atoms with Gasteiger partial charge in [-0.25, -0.2) is 5.01 Å². The molecule has 1 saturated heterocycles. The van der Waals surface area contributed by atoms with Crippen LogP contribution in [-0.4, -0.2) is 67.0 Å². The zero-order valence-electron chi connectivity index (χ0n) is 18.2. The van der Waals surface area contributed by atoms with Gasteiger partial charge < -0.3 is 19.9 Å². The number of nitrogens with zero attached hydrogens (tertiary/aromatic N) is 2. The molecule has 1 fully saturated rings. The summed E-state index contributed by atoms with van der Waals surface area (Å²) < 4.78 is 5.34. The van der Waals surface area contributed by atoms with Crippen LogP contribution in [0.25, 0.3) is 17.0 Å². The van der Waals surface area contributed by atoms with Gasteiger partial charge in [-0.2, -0.15) is 0 Å². The van der Waals surface area contributed by atoms with Crippen LogP contribution in [0.1, 0.15) is 15.9 Å². The maximum absolute atomic E-state index is 13.2. The molecule has 3 aromatic rings. The van der Waals surface area contributed by atoms with E-state index in [1.165, 1.54) is 0 Å². The van der Waals surface area contributed by atoms with Crippen LogP contribution in [0.2, 0.25) is 0 Å². The van der Waals surface area contributed by atoms with Crippen molar-refractivity contribution in [3.05, 3.63) is 71.6 Å². The van der Waals surface area contributed by atoms with Crippen LogP contribution in [0.4, 0.5) is 0 Å². The largest absolute Gasteiger partial charge is 0.497 e. The fraction of sp³-hybridized carbons (Fsp3) is 0.250. The number of hydrogen-bond acceptors (Lipinski definition) is 5. The van der Waals surface area contributed by atoms with Crippen molar-refractivity contribution in [2.75, 3.05) is 40.3 Å². The van der Waals surface area contributed by atoms with E-state index in [1.54, 1.807) is 37.5 Å². The Hall–Kier alpha value is -3.62. The number of carbonyl (C=O) groups excluding carboxylic acids is 2. The third-order valence-corrected chi connectivity index (χ3v) is 5.51. The molecule has 2 aromatic carbocycles. The maximum Gasteiger partial charge on any atom is 0.282 e. The molecular formula is C24H27N5O3. The monoisotopic (exact) mass is 433 g/mol. The van der Waals surface area contributed by atoms with Crippen LogP contribution in [0.5, 0.6) is 5.75 Å². The minimum atomic E-state index is -0.365. The van der Waals surface area contributed by atoms with E-state index in [9.17, 15) is 9.59 Å². The van der Waals surface area contributed by atoms with Crippen molar-refractivity contribution in [3.63, 3.8) is 0 Å². The van der Waals surface area contributed by atoms with E-state index >= 15 is 0 Å². The Labute approximate surface area is 186 Å². The first kappa shape index (κ1) is 21.6. The van der Waals surface area contributed by atoms with Gasteiger partial charge in [0.25, 0.3) is 11.8 Å². The second-order valence-electron chi connectivity index (χ2n) is 7.76. The van der Waals surface area contributed by atoms with Gasteiger partial charge in [-0.1, -0.05) is 18.2 Å². The van der Waals surface area contributed by atoms with Crippen LogP contribution in [0, 0.1) is 0 Å². The molecule has 0 spiro atoms. The Kier molecular flexibility index (Phi) is 6.53. The molecule has 8 nitrogen and oxygen atoms in total. The molecule has 0 aliphatic carbocycles. The van der Waals surface area contributed by atoms with Crippen LogP contribution >= 0.6 is 0 Å². The number of ether oxygens (including phenoxy) is 1. The quantitative estimate of drug-likeness (QED) is 0.519. The molecule has 32 heavy (non-hydrogen) atoms. The van der Waals surface area contributed by atoms with E-state index in [2.05, 4.69) is 27.7 Å². The summed E-state index contributed by atoms with van der Waals surface area (Å²) in [4.78, 5) is 31.4. The van der Waals surface area contributed by atoms with Gasteiger partial charge in [0.1, 0.15) is 11.4 Å². The first-order valence-corrected chi connectivity index (χ1v) is 10.5. The van der Waals surface area contributed by atoms with E-state index in [0.29, 0.717) is 24.4 Å². The SMILES string of the molecule is COc1ccc2[nH]cc(C=C(NC(=O)c3ccccc3)C(=O)NN3CCN(C)CC3)c2c1. The number of aromatic nitrogens is 1. The minimum absolute atomic E-state index is 0.168. The lowest BCUT2D eigenvalue weighted by atomic mass is 10.1. The molecule has 0 unspecified atom stereocenters. The Morgan fingerprint density at radius 1 is 1.06 bits per heavy atom. The number of rotatable bonds is 6. The molecule has 166 valence electrons. The van der Waals surface area contributed by atoms with Gasteiger partial charge in [-0.05, 0) is 43.5 Å². The molecular weight excluding hydrogens is 406 g/mol. The lowest BCUT2D eigenvalue weighted by Crippen LogP contribution is -2.53. The number of hydrazine groups is 1. The van der Waals surface area contributed by atoms with Gasteiger partial charge in [0.2, 0.25) is 0 Å². The highest BCUT2D eigenvalue weighted by atomic mass is 16.5. The summed E-state index contributed by atoms with van der Waals surface area (Å²) in [6, 6.07) is 14.5. The number of benzene rings is 2. The highest BCUT2D eigenvalue weighted by molar-refractivity contribution is 6.06. The summed E-state index contributed by atoms with van der Waals surface area (Å²) in [5.41, 5.74) is 5.26. The topological polar surface area (TPSA) is 89.7 Å². The number of methoxy groups -OCH3 is 1. The molecule has 0 atom stereocenters. The van der Waals surface area contributed by atoms with Crippen LogP contribution in [0.3, 0.4) is 0 Å². The predicted molar refractivity (Wildman–Crippen MR) is 124 cm³/mol. The van der Waals surface area contributed by atoms with E-state index in [4.69, 9.17) is 4.74 Å². The van der Waals surface area contributed by atoms with Crippen LogP contribution < -0.4 is 15.5 Å². The van der Waals surface area contributed by atoms with Gasteiger partial charge in [0.05, 0.1) is 7.11 Å². The molecule has 2 heterocycles. The minimum Gasteiger partial charge on any atom is -0.497 e. The lowest BCUT2D eigenvalue weighted by molar-refractivity contribution is -0.123. The van der Waals surface area contributed by atoms with Gasteiger partial charge in [0, 0.05) is 54.4 Å². The molecule has 1 aromatic heterocycles. The van der Waals surface area contributed by atoms with Crippen molar-refractivity contribution in [3.8, 4) is 5.75 Å². The predicted octanol–water partition coefficient (Wildman–Crippen LogP) is 2.23. The van der Waals surface area contributed by atoms with E-state index in [0.717, 1.165) is 29.6 Å². The summed E-state index contributed by atoms with van der Waals surface area (Å²) in [6.07, 6.45) is 3.49. The highest BCUT2D eigenvalue weighted by Gasteiger charge is 2.20. The summed E-state index contributed by atoms with van der Waals surface area (Å²) in [6.45, 7) is 3.15. The Morgan fingerprint density at radius 3 is 2.53 bits per heavy atom. The van der Waals surface area contributed by atoms with Crippen molar-refractivity contribution in [2.45, 2.75) is 0 Å². The number of nitrogens with one attached hydrogen (secondary N) is 3. The molecule has 4 rings (SSSR count). The fourth-order valence-electron chi connectivity index (χ4n) is 3.59. The van der Waals surface area contributed by atoms with Gasteiger partial charge in [-0.3, -0.25) is 15.0 Å². The van der Waals surface area contributed by atoms with Gasteiger partial charge in [-0.15, -0.1) is 0 Å². The summed E-state index contributed by atoms with van der Waals surface area (Å²) in [5.74, 6) is 0.00221. The number of piperazine rings is 1. The molecule has 8 heteroatoms. The zero-order chi connectivity index (χ0) is 22.5. The van der Waals surface area contributed by atoms with Crippen molar-refractivity contribution in [2.24, 2.45) is 0 Å². The number of hydrogen-bond donors (Lipinski definition) is 3. The molecule has 1 aliphatic heterocycles. The number of H-pyrrole nitrogens is 1. The molecule has 3 N–H and O–H groups in total. The Morgan fingerprint density at radius 2 is 1.81 bits per heavy atom.